The zero-order valence-electron chi connectivity index (χ0n) is 5.02. The van der Waals surface area contributed by atoms with E-state index in [9.17, 15) is 0 Å². The van der Waals surface area contributed by atoms with Crippen LogP contribution in [0.25, 0.3) is 0 Å². The second kappa shape index (κ2) is 3.02. The zero-order chi connectivity index (χ0) is 6.57. The van der Waals surface area contributed by atoms with E-state index in [0.717, 1.165) is 5.57 Å². The fourth-order valence-electron chi connectivity index (χ4n) is 0.200. The van der Waals surface area contributed by atoms with E-state index in [1.165, 1.54) is 6.34 Å². The maximum Gasteiger partial charge on any atom is 0.0860 e. The Morgan fingerprint density at radius 3 is 2.25 bits per heavy atom. The van der Waals surface area contributed by atoms with Gasteiger partial charge in [0.15, 0.2) is 0 Å². The van der Waals surface area contributed by atoms with Crippen LogP contribution in [0, 0.1) is 0 Å². The molecule has 0 radical (unpaired) electrons. The highest BCUT2D eigenvalue weighted by Crippen LogP contribution is 2.01. The van der Waals surface area contributed by atoms with Crippen molar-refractivity contribution in [3.8, 4) is 0 Å². The Kier molecular flexibility index (Phi) is 2.62. The molecule has 8 heavy (non-hydrogen) atoms. The van der Waals surface area contributed by atoms with Crippen molar-refractivity contribution in [2.75, 3.05) is 0 Å². The summed E-state index contributed by atoms with van der Waals surface area (Å²) in [7, 11) is 0. The minimum absolute atomic E-state index is 0.632. The first-order valence-corrected chi connectivity index (χ1v) is 2.27. The normalized spacial score (nSPS) is 9.62. The lowest BCUT2D eigenvalue weighted by Gasteiger charge is -1.91. The predicted molar refractivity (Wildman–Crippen MR) is 36.6 cm³/mol. The molecular weight excluding hydrogens is 100 g/mol. The Morgan fingerprint density at radius 1 is 1.62 bits per heavy atom. The van der Waals surface area contributed by atoms with Crippen molar-refractivity contribution < 1.29 is 0 Å². The molecule has 0 fully saturated rings. The monoisotopic (exact) mass is 110 g/mol. The van der Waals surface area contributed by atoms with Gasteiger partial charge in [-0.05, 0) is 12.5 Å². The van der Waals surface area contributed by atoms with Gasteiger partial charge in [-0.25, -0.2) is 4.99 Å². The Balaban J connectivity index is 3.85. The van der Waals surface area contributed by atoms with Crippen LogP contribution in [-0.2, 0) is 0 Å². The Bertz CT molecular complexity index is 133. The van der Waals surface area contributed by atoms with Crippen LogP contribution in [0.5, 0.6) is 0 Å². The summed E-state index contributed by atoms with van der Waals surface area (Å²) in [5.41, 5.74) is 6.45. The zero-order valence-corrected chi connectivity index (χ0v) is 5.02. The van der Waals surface area contributed by atoms with Crippen molar-refractivity contribution in [3.05, 3.63) is 24.4 Å². The second-order valence-corrected chi connectivity index (χ2v) is 1.51. The minimum atomic E-state index is 0.632. The first-order chi connectivity index (χ1) is 3.68. The quantitative estimate of drug-likeness (QED) is 0.322. The molecule has 2 N–H and O–H groups in total. The third-order valence-corrected chi connectivity index (χ3v) is 0.723. The lowest BCUT2D eigenvalue weighted by atomic mass is 10.3. The van der Waals surface area contributed by atoms with Crippen LogP contribution in [0.1, 0.15) is 6.92 Å². The van der Waals surface area contributed by atoms with E-state index in [-0.39, 0.29) is 0 Å². The highest BCUT2D eigenvalue weighted by atomic mass is 14.8. The van der Waals surface area contributed by atoms with E-state index in [1.54, 1.807) is 0 Å². The van der Waals surface area contributed by atoms with Gasteiger partial charge in [0.2, 0.25) is 0 Å². The molecule has 0 unspecified atom stereocenters. The highest BCUT2D eigenvalue weighted by molar-refractivity contribution is 5.54. The summed E-state index contributed by atoms with van der Waals surface area (Å²) in [6, 6.07) is 0. The summed E-state index contributed by atoms with van der Waals surface area (Å²) in [5, 5.41) is 0. The maximum atomic E-state index is 4.97. The molecular formula is C6H10N2. The smallest absolute Gasteiger partial charge is 0.0860 e. The molecule has 0 amide bonds. The molecule has 0 bridgehead atoms. The third kappa shape index (κ3) is 2.18. The van der Waals surface area contributed by atoms with Crippen molar-refractivity contribution in [1.82, 2.24) is 0 Å². The average Bonchev–Trinajstić information content (AvgIpc) is 1.67. The third-order valence-electron chi connectivity index (χ3n) is 0.723. The molecule has 0 rings (SSSR count). The van der Waals surface area contributed by atoms with Crippen LogP contribution in [0.4, 0.5) is 0 Å². The van der Waals surface area contributed by atoms with E-state index in [1.807, 2.05) is 6.92 Å². The van der Waals surface area contributed by atoms with Crippen LogP contribution in [0.3, 0.4) is 0 Å². The van der Waals surface area contributed by atoms with Crippen molar-refractivity contribution in [3.63, 3.8) is 0 Å². The molecule has 2 heteroatoms. The van der Waals surface area contributed by atoms with Gasteiger partial charge >= 0.3 is 0 Å². The summed E-state index contributed by atoms with van der Waals surface area (Å²) >= 11 is 0. The van der Waals surface area contributed by atoms with Crippen molar-refractivity contribution in [2.45, 2.75) is 6.92 Å². The number of rotatable bonds is 2. The van der Waals surface area contributed by atoms with Crippen LogP contribution < -0.4 is 5.73 Å². The molecule has 0 aliphatic rings. The molecule has 0 aromatic carbocycles. The van der Waals surface area contributed by atoms with Crippen LogP contribution in [-0.4, -0.2) is 6.34 Å². The van der Waals surface area contributed by atoms with Gasteiger partial charge in [-0.2, -0.15) is 0 Å². The molecule has 0 heterocycles. The van der Waals surface area contributed by atoms with E-state index < -0.39 is 0 Å². The first kappa shape index (κ1) is 6.95. The molecule has 2 nitrogen and oxygen atoms in total. The van der Waals surface area contributed by atoms with E-state index in [2.05, 4.69) is 18.2 Å². The summed E-state index contributed by atoms with van der Waals surface area (Å²) in [5.74, 6) is 0. The van der Waals surface area contributed by atoms with E-state index in [4.69, 9.17) is 5.73 Å². The topological polar surface area (TPSA) is 38.4 Å². The van der Waals surface area contributed by atoms with Gasteiger partial charge in [0, 0.05) is 0 Å². The molecule has 0 saturated carbocycles. The largest absolute Gasteiger partial charge is 0.390 e. The van der Waals surface area contributed by atoms with Crippen LogP contribution in [0.15, 0.2) is 29.4 Å². The highest BCUT2D eigenvalue weighted by Gasteiger charge is 1.84. The van der Waals surface area contributed by atoms with Gasteiger partial charge in [-0.1, -0.05) is 13.2 Å². The number of hydrogen-bond donors (Lipinski definition) is 1. The number of hydrogen-bond acceptors (Lipinski definition) is 1. The number of aliphatic imine (C=N–C) groups is 1. The average molecular weight is 110 g/mol. The fraction of sp³-hybridized carbons (Fsp3) is 0.167. The Morgan fingerprint density at radius 2 is 2.12 bits per heavy atom. The number of nitrogens with zero attached hydrogens (tertiary/aromatic N) is 1. The Labute approximate surface area is 49.4 Å². The number of nitrogens with two attached hydrogens (primary N) is 1. The van der Waals surface area contributed by atoms with Crippen molar-refractivity contribution >= 4 is 6.34 Å². The summed E-state index contributed by atoms with van der Waals surface area (Å²) in [4.78, 5) is 3.68. The van der Waals surface area contributed by atoms with Crippen LogP contribution in [0.2, 0.25) is 0 Å². The van der Waals surface area contributed by atoms with Gasteiger partial charge in [0.25, 0.3) is 0 Å². The van der Waals surface area contributed by atoms with E-state index >= 15 is 0 Å². The SMILES string of the molecule is C=C(C)C(=C)N=CN. The fourth-order valence-corrected chi connectivity index (χ4v) is 0.200. The second-order valence-electron chi connectivity index (χ2n) is 1.51. The summed E-state index contributed by atoms with van der Waals surface area (Å²) in [6.07, 6.45) is 1.21. The van der Waals surface area contributed by atoms with Crippen molar-refractivity contribution in [1.29, 1.82) is 0 Å². The molecule has 0 aromatic heterocycles. The molecule has 0 aliphatic carbocycles. The lowest BCUT2D eigenvalue weighted by Crippen LogP contribution is -1.89. The van der Waals surface area contributed by atoms with Gasteiger partial charge in [0.05, 0.1) is 12.0 Å². The van der Waals surface area contributed by atoms with Gasteiger partial charge in [-0.15, -0.1) is 0 Å². The summed E-state index contributed by atoms with van der Waals surface area (Å²) < 4.78 is 0. The van der Waals surface area contributed by atoms with Gasteiger partial charge in [-0.3, -0.25) is 0 Å². The standard InChI is InChI=1S/C6H10N2/c1-5(2)6(3)8-4-7/h4H,1,3H2,2H3,(H2,7,8). The summed E-state index contributed by atoms with van der Waals surface area (Å²) in [6.45, 7) is 9.00. The van der Waals surface area contributed by atoms with E-state index in [0.29, 0.717) is 5.70 Å². The molecule has 0 saturated heterocycles. The molecule has 44 valence electrons. The maximum absolute atomic E-state index is 4.97. The molecule has 0 atom stereocenters. The van der Waals surface area contributed by atoms with Crippen molar-refractivity contribution in [2.24, 2.45) is 10.7 Å². The van der Waals surface area contributed by atoms with Crippen LogP contribution >= 0.6 is 0 Å². The minimum Gasteiger partial charge on any atom is -0.390 e. The predicted octanol–water partition coefficient (Wildman–Crippen LogP) is 1.06. The lowest BCUT2D eigenvalue weighted by molar-refractivity contribution is 1.32. The Hall–Kier alpha value is -1.05. The number of allylic oxidation sites excluding steroid dienone is 1. The van der Waals surface area contributed by atoms with Gasteiger partial charge in [0.1, 0.15) is 0 Å². The molecule has 0 aliphatic heterocycles. The van der Waals surface area contributed by atoms with Gasteiger partial charge < -0.3 is 5.73 Å². The first-order valence-electron chi connectivity index (χ1n) is 2.27. The molecule has 0 spiro atoms. The molecule has 0 aromatic rings.